The Morgan fingerprint density at radius 1 is 1.05 bits per heavy atom. The Hall–Kier alpha value is -1.70. The molecule has 0 spiro atoms. The summed E-state index contributed by atoms with van der Waals surface area (Å²) in [6.07, 6.45) is 2.36. The van der Waals surface area contributed by atoms with Crippen LogP contribution in [-0.4, -0.2) is 12.1 Å². The minimum Gasteiger partial charge on any atom is -0.211 e. The zero-order chi connectivity index (χ0) is 13.7. The molecule has 2 nitrogen and oxygen atoms in total. The van der Waals surface area contributed by atoms with Crippen LogP contribution in [0.1, 0.15) is 12.5 Å². The molecule has 0 fully saturated rings. The van der Waals surface area contributed by atoms with Crippen LogP contribution in [0, 0.1) is 0 Å². The summed E-state index contributed by atoms with van der Waals surface area (Å²) in [5.74, 6) is 0. The first-order valence-electron chi connectivity index (χ1n) is 6.11. The smallest absolute Gasteiger partial charge is 0.211 e. The molecular weight excluding hydrogens is 302 g/mol. The molecule has 0 aliphatic heterocycles. The van der Waals surface area contributed by atoms with Gasteiger partial charge in [0.1, 0.15) is 0 Å². The largest absolute Gasteiger partial charge is 0.235 e. The third-order valence-corrected chi connectivity index (χ3v) is 3.46. The van der Waals surface area contributed by atoms with Crippen molar-refractivity contribution in [1.82, 2.24) is 0 Å². The zero-order valence-electron chi connectivity index (χ0n) is 10.6. The molecule has 96 valence electrons. The summed E-state index contributed by atoms with van der Waals surface area (Å²) in [4.78, 5) is 13.9. The highest BCUT2D eigenvalue weighted by Crippen LogP contribution is 2.22. The van der Waals surface area contributed by atoms with E-state index in [1.165, 1.54) is 16.7 Å². The second-order valence-electron chi connectivity index (χ2n) is 4.48. The number of nitrogens with zero attached hydrogens (tertiary/aromatic N) is 1. The molecule has 0 N–H and O–H groups in total. The third kappa shape index (κ3) is 3.88. The highest BCUT2D eigenvalue weighted by atomic mass is 79.9. The summed E-state index contributed by atoms with van der Waals surface area (Å²) in [6, 6.07) is 16.6. The molecule has 1 atom stereocenters. The molecule has 19 heavy (non-hydrogen) atoms. The molecule has 0 heterocycles. The average molecular weight is 316 g/mol. The highest BCUT2D eigenvalue weighted by molar-refractivity contribution is 9.10. The van der Waals surface area contributed by atoms with E-state index in [4.69, 9.17) is 0 Å². The lowest BCUT2D eigenvalue weighted by molar-refractivity contribution is 0.558. The van der Waals surface area contributed by atoms with Gasteiger partial charge in [-0.2, -0.15) is 0 Å². The molecule has 0 radical (unpaired) electrons. The van der Waals surface area contributed by atoms with Gasteiger partial charge in [-0.1, -0.05) is 52.3 Å². The lowest BCUT2D eigenvalue weighted by Gasteiger charge is -2.06. The van der Waals surface area contributed by atoms with Crippen LogP contribution in [0.25, 0.3) is 11.1 Å². The molecule has 0 amide bonds. The van der Waals surface area contributed by atoms with Gasteiger partial charge < -0.3 is 0 Å². The molecular formula is C16H14BrNO. The van der Waals surface area contributed by atoms with Crippen molar-refractivity contribution < 1.29 is 4.79 Å². The summed E-state index contributed by atoms with van der Waals surface area (Å²) in [7, 11) is 0. The van der Waals surface area contributed by atoms with Gasteiger partial charge in [-0.05, 0) is 42.2 Å². The number of hydrogen-bond donors (Lipinski definition) is 0. The molecule has 3 heteroatoms. The fourth-order valence-electron chi connectivity index (χ4n) is 1.95. The molecule has 2 rings (SSSR count). The monoisotopic (exact) mass is 315 g/mol. The number of hydrogen-bond acceptors (Lipinski definition) is 2. The first kappa shape index (κ1) is 13.7. The number of halogens is 1. The van der Waals surface area contributed by atoms with Gasteiger partial charge in [-0.25, -0.2) is 9.79 Å². The molecule has 0 saturated heterocycles. The van der Waals surface area contributed by atoms with Gasteiger partial charge in [0.05, 0.1) is 6.04 Å². The summed E-state index contributed by atoms with van der Waals surface area (Å²) in [5.41, 5.74) is 3.55. The summed E-state index contributed by atoms with van der Waals surface area (Å²) < 4.78 is 1.08. The van der Waals surface area contributed by atoms with E-state index >= 15 is 0 Å². The van der Waals surface area contributed by atoms with E-state index in [0.717, 1.165) is 10.9 Å². The molecule has 0 bridgehead atoms. The minimum absolute atomic E-state index is 0.0176. The quantitative estimate of drug-likeness (QED) is 0.608. The Morgan fingerprint density at radius 3 is 2.11 bits per heavy atom. The lowest BCUT2D eigenvalue weighted by Crippen LogP contribution is -2.02. The van der Waals surface area contributed by atoms with Crippen LogP contribution in [0.3, 0.4) is 0 Å². The van der Waals surface area contributed by atoms with E-state index < -0.39 is 0 Å². The summed E-state index contributed by atoms with van der Waals surface area (Å²) in [6.45, 7) is 1.91. The van der Waals surface area contributed by atoms with E-state index in [1.807, 2.05) is 19.1 Å². The van der Waals surface area contributed by atoms with Crippen LogP contribution in [0.4, 0.5) is 0 Å². The molecule has 0 aromatic heterocycles. The van der Waals surface area contributed by atoms with Crippen molar-refractivity contribution in [3.8, 4) is 11.1 Å². The second-order valence-corrected chi connectivity index (χ2v) is 5.39. The highest BCUT2D eigenvalue weighted by Gasteiger charge is 2.02. The summed E-state index contributed by atoms with van der Waals surface area (Å²) in [5, 5.41) is 0. The molecule has 2 aromatic rings. The Kier molecular flexibility index (Phi) is 4.67. The van der Waals surface area contributed by atoms with Crippen molar-refractivity contribution in [3.05, 3.63) is 58.6 Å². The van der Waals surface area contributed by atoms with Gasteiger partial charge in [-0.15, -0.1) is 0 Å². The van der Waals surface area contributed by atoms with Crippen molar-refractivity contribution in [3.63, 3.8) is 0 Å². The van der Waals surface area contributed by atoms with Gasteiger partial charge in [-0.3, -0.25) is 0 Å². The number of rotatable bonds is 4. The van der Waals surface area contributed by atoms with Gasteiger partial charge in [0, 0.05) is 4.47 Å². The Bertz CT molecular complexity index is 583. The maximum Gasteiger partial charge on any atom is 0.235 e. The van der Waals surface area contributed by atoms with E-state index in [2.05, 4.69) is 57.3 Å². The van der Waals surface area contributed by atoms with Crippen molar-refractivity contribution >= 4 is 22.0 Å². The maximum absolute atomic E-state index is 10.2. The van der Waals surface area contributed by atoms with E-state index in [-0.39, 0.29) is 6.04 Å². The van der Waals surface area contributed by atoms with E-state index in [0.29, 0.717) is 0 Å². The van der Waals surface area contributed by atoms with Crippen LogP contribution in [0.5, 0.6) is 0 Å². The van der Waals surface area contributed by atoms with Crippen LogP contribution >= 0.6 is 15.9 Å². The van der Waals surface area contributed by atoms with Crippen LogP contribution < -0.4 is 0 Å². The lowest BCUT2D eigenvalue weighted by atomic mass is 10.0. The number of aliphatic imine (C=N–C) groups is 1. The first-order valence-corrected chi connectivity index (χ1v) is 6.90. The Labute approximate surface area is 121 Å². The van der Waals surface area contributed by atoms with Crippen LogP contribution in [-0.2, 0) is 11.2 Å². The van der Waals surface area contributed by atoms with E-state index in [9.17, 15) is 4.79 Å². The van der Waals surface area contributed by atoms with Crippen molar-refractivity contribution in [2.45, 2.75) is 19.4 Å². The first-order chi connectivity index (χ1) is 9.19. The van der Waals surface area contributed by atoms with Gasteiger partial charge in [0.2, 0.25) is 6.08 Å². The van der Waals surface area contributed by atoms with Gasteiger partial charge in [0.15, 0.2) is 0 Å². The Morgan fingerprint density at radius 2 is 1.58 bits per heavy atom. The topological polar surface area (TPSA) is 29.4 Å². The predicted octanol–water partition coefficient (Wildman–Crippen LogP) is 4.38. The van der Waals surface area contributed by atoms with Crippen molar-refractivity contribution in [2.24, 2.45) is 4.99 Å². The average Bonchev–Trinajstić information content (AvgIpc) is 2.41. The number of isocyanates is 1. The molecule has 0 aliphatic carbocycles. The minimum atomic E-state index is -0.0176. The van der Waals surface area contributed by atoms with Gasteiger partial charge in [0.25, 0.3) is 0 Å². The van der Waals surface area contributed by atoms with Crippen LogP contribution in [0.15, 0.2) is 58.0 Å². The van der Waals surface area contributed by atoms with Crippen molar-refractivity contribution in [1.29, 1.82) is 0 Å². The number of benzene rings is 2. The second kappa shape index (κ2) is 6.46. The summed E-state index contributed by atoms with van der Waals surface area (Å²) >= 11 is 3.43. The van der Waals surface area contributed by atoms with Crippen LogP contribution in [0.2, 0.25) is 0 Å². The standard InChI is InChI=1S/C16H14BrNO/c1-12(18-11-19)10-13-2-4-14(5-3-13)15-6-8-16(17)9-7-15/h2-9,12H,10H2,1H3. The van der Waals surface area contributed by atoms with Gasteiger partial charge >= 0.3 is 0 Å². The SMILES string of the molecule is CC(Cc1ccc(-c2ccc(Br)cc2)cc1)N=C=O. The fourth-order valence-corrected chi connectivity index (χ4v) is 2.22. The zero-order valence-corrected chi connectivity index (χ0v) is 12.2. The Balaban J connectivity index is 2.14. The normalized spacial score (nSPS) is 11.7. The predicted molar refractivity (Wildman–Crippen MR) is 80.9 cm³/mol. The molecule has 0 aliphatic rings. The maximum atomic E-state index is 10.2. The number of carbonyl (C=O) groups excluding carboxylic acids is 1. The van der Waals surface area contributed by atoms with Crippen molar-refractivity contribution in [2.75, 3.05) is 0 Å². The molecule has 2 aromatic carbocycles. The third-order valence-electron chi connectivity index (χ3n) is 2.94. The van der Waals surface area contributed by atoms with E-state index in [1.54, 1.807) is 6.08 Å². The molecule has 1 unspecified atom stereocenters. The fraction of sp³-hybridized carbons (Fsp3) is 0.188. The molecule has 0 saturated carbocycles.